The van der Waals surface area contributed by atoms with Gasteiger partial charge in [-0.15, -0.1) is 0 Å². The van der Waals surface area contributed by atoms with Gasteiger partial charge in [0.15, 0.2) is 5.78 Å². The highest BCUT2D eigenvalue weighted by molar-refractivity contribution is 9.10. The molecule has 1 heterocycles. The molecule has 4 nitrogen and oxygen atoms in total. The molecule has 0 bridgehead atoms. The zero-order chi connectivity index (χ0) is 24.0. The van der Waals surface area contributed by atoms with E-state index >= 15 is 0 Å². The van der Waals surface area contributed by atoms with E-state index in [0.717, 1.165) is 21.4 Å². The number of anilines is 2. The van der Waals surface area contributed by atoms with Crippen LogP contribution in [0.2, 0.25) is 0 Å². The Kier molecular flexibility index (Phi) is 5.64. The number of Topliss-reactive ketones (excluding diaryl/α,β-unsaturated/α-hetero) is 1. The van der Waals surface area contributed by atoms with E-state index in [-0.39, 0.29) is 17.1 Å². The first kappa shape index (κ1) is 22.5. The molecular formula is C28H24BrFN2O2. The molecule has 1 N–H and O–H groups in total. The summed E-state index contributed by atoms with van der Waals surface area (Å²) in [5.74, 6) is -0.682. The van der Waals surface area contributed by atoms with Crippen molar-refractivity contribution in [2.24, 2.45) is 5.41 Å². The smallest absolute Gasteiger partial charge is 0.259 e. The van der Waals surface area contributed by atoms with Gasteiger partial charge in [-0.25, -0.2) is 4.39 Å². The maximum Gasteiger partial charge on any atom is 0.259 e. The highest BCUT2D eigenvalue weighted by Gasteiger charge is 2.43. The maximum atomic E-state index is 14.0. The third kappa shape index (κ3) is 4.07. The van der Waals surface area contributed by atoms with Crippen molar-refractivity contribution >= 4 is 39.0 Å². The zero-order valence-electron chi connectivity index (χ0n) is 18.9. The fourth-order valence-electron chi connectivity index (χ4n) is 4.90. The molecular weight excluding hydrogens is 495 g/mol. The van der Waals surface area contributed by atoms with E-state index in [9.17, 15) is 14.0 Å². The molecule has 172 valence electrons. The van der Waals surface area contributed by atoms with Crippen molar-refractivity contribution in [3.8, 4) is 0 Å². The van der Waals surface area contributed by atoms with Gasteiger partial charge < -0.3 is 5.32 Å². The number of para-hydroxylation sites is 2. The molecule has 34 heavy (non-hydrogen) atoms. The predicted molar refractivity (Wildman–Crippen MR) is 135 cm³/mol. The third-order valence-corrected chi connectivity index (χ3v) is 6.93. The molecule has 0 radical (unpaired) electrons. The molecule has 1 aliphatic heterocycles. The molecule has 0 saturated carbocycles. The summed E-state index contributed by atoms with van der Waals surface area (Å²) in [5.41, 5.74) is 3.87. The number of carbonyl (C=O) groups excluding carboxylic acids is 2. The van der Waals surface area contributed by atoms with Crippen LogP contribution in [-0.2, 0) is 4.79 Å². The lowest BCUT2D eigenvalue weighted by molar-refractivity contribution is -0.118. The summed E-state index contributed by atoms with van der Waals surface area (Å²) in [5, 5.41) is 3.50. The molecule has 0 fully saturated rings. The first-order chi connectivity index (χ1) is 16.2. The largest absolute Gasteiger partial charge is 0.357 e. The van der Waals surface area contributed by atoms with E-state index in [0.29, 0.717) is 29.7 Å². The number of allylic oxidation sites excluding steroid dienone is 1. The van der Waals surface area contributed by atoms with Crippen LogP contribution in [0.4, 0.5) is 15.8 Å². The van der Waals surface area contributed by atoms with Gasteiger partial charge in [-0.1, -0.05) is 54.0 Å². The molecule has 3 aromatic carbocycles. The minimum atomic E-state index is -0.625. The number of nitrogens with zero attached hydrogens (tertiary/aromatic N) is 1. The van der Waals surface area contributed by atoms with E-state index in [1.165, 1.54) is 24.3 Å². The predicted octanol–water partition coefficient (Wildman–Crippen LogP) is 7.05. The van der Waals surface area contributed by atoms with E-state index in [1.54, 1.807) is 4.90 Å². The van der Waals surface area contributed by atoms with Gasteiger partial charge in [0.05, 0.1) is 17.4 Å². The third-order valence-electron chi connectivity index (χ3n) is 6.40. The molecule has 1 amide bonds. The van der Waals surface area contributed by atoms with Gasteiger partial charge in [-0.05, 0) is 65.9 Å². The molecule has 6 heteroatoms. The van der Waals surface area contributed by atoms with Crippen LogP contribution in [0.3, 0.4) is 0 Å². The summed E-state index contributed by atoms with van der Waals surface area (Å²) < 4.78 is 14.5. The van der Waals surface area contributed by atoms with E-state index in [2.05, 4.69) is 35.1 Å². The number of carbonyl (C=O) groups is 2. The fraction of sp³-hybridized carbons (Fsp3) is 0.214. The normalized spacial score (nSPS) is 19.1. The summed E-state index contributed by atoms with van der Waals surface area (Å²) >= 11 is 3.49. The summed E-state index contributed by atoms with van der Waals surface area (Å²) in [4.78, 5) is 29.3. The fourth-order valence-corrected chi connectivity index (χ4v) is 5.17. The van der Waals surface area contributed by atoms with Crippen LogP contribution >= 0.6 is 15.9 Å². The number of nitrogens with one attached hydrogen (secondary N) is 1. The minimum Gasteiger partial charge on any atom is -0.357 e. The van der Waals surface area contributed by atoms with Crippen LogP contribution in [-0.4, -0.2) is 11.7 Å². The standard InChI is InChI=1S/C28H24BrFN2O2/c1-28(2)15-22-25(24(33)16-28)26(17-7-11-19(29)12-8-17)32(23-6-4-3-5-21(23)31-22)27(34)18-9-13-20(30)14-10-18/h3-14,26,31H,15-16H2,1-2H3/t26-/m1/s1. The average molecular weight is 519 g/mol. The molecule has 0 unspecified atom stereocenters. The van der Waals surface area contributed by atoms with Crippen molar-refractivity contribution < 1.29 is 14.0 Å². The van der Waals surface area contributed by atoms with Gasteiger partial charge in [-0.3, -0.25) is 14.5 Å². The van der Waals surface area contributed by atoms with Crippen LogP contribution in [0.5, 0.6) is 0 Å². The second-order valence-corrected chi connectivity index (χ2v) is 10.5. The lowest BCUT2D eigenvalue weighted by Crippen LogP contribution is -2.39. The van der Waals surface area contributed by atoms with Gasteiger partial charge in [0.1, 0.15) is 5.82 Å². The molecule has 0 saturated heterocycles. The average Bonchev–Trinajstić information content (AvgIpc) is 2.93. The number of hydrogen-bond acceptors (Lipinski definition) is 3. The first-order valence-electron chi connectivity index (χ1n) is 11.2. The number of halogens is 2. The molecule has 2 aliphatic rings. The van der Waals surface area contributed by atoms with E-state index in [1.807, 2.05) is 48.5 Å². The van der Waals surface area contributed by atoms with Gasteiger partial charge in [0.2, 0.25) is 0 Å². The van der Waals surface area contributed by atoms with E-state index < -0.39 is 11.9 Å². The Labute approximate surface area is 206 Å². The van der Waals surface area contributed by atoms with Crippen molar-refractivity contribution in [1.82, 2.24) is 0 Å². The molecule has 0 spiro atoms. The molecule has 1 aliphatic carbocycles. The lowest BCUT2D eigenvalue weighted by Gasteiger charge is -2.37. The number of ketones is 1. The van der Waals surface area contributed by atoms with Gasteiger partial charge in [-0.2, -0.15) is 0 Å². The zero-order valence-corrected chi connectivity index (χ0v) is 20.5. The molecule has 5 rings (SSSR count). The highest BCUT2D eigenvalue weighted by atomic mass is 79.9. The van der Waals surface area contributed by atoms with Crippen molar-refractivity contribution in [3.05, 3.63) is 105 Å². The van der Waals surface area contributed by atoms with Crippen LogP contribution < -0.4 is 10.2 Å². The summed E-state index contributed by atoms with van der Waals surface area (Å²) in [6.45, 7) is 4.17. The monoisotopic (exact) mass is 518 g/mol. The quantitative estimate of drug-likeness (QED) is 0.395. The maximum absolute atomic E-state index is 14.0. The van der Waals surface area contributed by atoms with Crippen molar-refractivity contribution in [3.63, 3.8) is 0 Å². The Morgan fingerprint density at radius 3 is 2.38 bits per heavy atom. The second kappa shape index (κ2) is 8.51. The van der Waals surface area contributed by atoms with Crippen LogP contribution in [0.25, 0.3) is 0 Å². The second-order valence-electron chi connectivity index (χ2n) is 9.61. The van der Waals surface area contributed by atoms with Crippen LogP contribution in [0.15, 0.2) is 88.5 Å². The number of fused-ring (bicyclic) bond motifs is 1. The number of amides is 1. The first-order valence-corrected chi connectivity index (χ1v) is 12.0. The Hall–Kier alpha value is -3.25. The van der Waals surface area contributed by atoms with Crippen molar-refractivity contribution in [2.45, 2.75) is 32.7 Å². The van der Waals surface area contributed by atoms with Crippen LogP contribution in [0, 0.1) is 11.2 Å². The number of hydrogen-bond donors (Lipinski definition) is 1. The van der Waals surface area contributed by atoms with Gasteiger partial charge in [0.25, 0.3) is 5.91 Å². The van der Waals surface area contributed by atoms with Crippen molar-refractivity contribution in [1.29, 1.82) is 0 Å². The van der Waals surface area contributed by atoms with Crippen LogP contribution in [0.1, 0.15) is 48.7 Å². The molecule has 1 atom stereocenters. The van der Waals surface area contributed by atoms with Gasteiger partial charge in [0, 0.05) is 27.7 Å². The topological polar surface area (TPSA) is 49.4 Å². The summed E-state index contributed by atoms with van der Waals surface area (Å²) in [7, 11) is 0. The number of rotatable bonds is 2. The Balaban J connectivity index is 1.78. The summed E-state index contributed by atoms with van der Waals surface area (Å²) in [6.07, 6.45) is 1.09. The highest BCUT2D eigenvalue weighted by Crippen LogP contribution is 2.48. The summed E-state index contributed by atoms with van der Waals surface area (Å²) in [6, 6.07) is 20.2. The molecule has 0 aromatic heterocycles. The molecule has 3 aromatic rings. The Morgan fingerprint density at radius 2 is 1.68 bits per heavy atom. The Bertz CT molecular complexity index is 1310. The van der Waals surface area contributed by atoms with Gasteiger partial charge >= 0.3 is 0 Å². The Morgan fingerprint density at radius 1 is 1.00 bits per heavy atom. The number of benzene rings is 3. The lowest BCUT2D eigenvalue weighted by atomic mass is 9.73. The minimum absolute atomic E-state index is 0.0244. The van der Waals surface area contributed by atoms with E-state index in [4.69, 9.17) is 0 Å². The SMILES string of the molecule is CC1(C)CC(=O)C2=C(C1)Nc1ccccc1N(C(=O)c1ccc(F)cc1)[C@@H]2c1ccc(Br)cc1. The van der Waals surface area contributed by atoms with Crippen molar-refractivity contribution in [2.75, 3.05) is 10.2 Å².